The molecule has 0 atom stereocenters. The van der Waals surface area contributed by atoms with Crippen molar-refractivity contribution in [2.24, 2.45) is 0 Å². The quantitative estimate of drug-likeness (QED) is 0.516. The summed E-state index contributed by atoms with van der Waals surface area (Å²) in [4.78, 5) is 0. The Morgan fingerprint density at radius 3 is 1.88 bits per heavy atom. The van der Waals surface area contributed by atoms with Gasteiger partial charge in [0.2, 0.25) is 0 Å². The van der Waals surface area contributed by atoms with Crippen LogP contribution in [0, 0.1) is 17.5 Å². The highest BCUT2D eigenvalue weighted by Gasteiger charge is 2.38. The van der Waals surface area contributed by atoms with E-state index in [1.165, 1.54) is 12.1 Å². The van der Waals surface area contributed by atoms with Crippen LogP contribution in [0.5, 0.6) is 0 Å². The molecular formula is C19H16F6. The van der Waals surface area contributed by atoms with Gasteiger partial charge in [0, 0.05) is 5.56 Å². The molecule has 0 heterocycles. The fourth-order valence-electron chi connectivity index (χ4n) is 3.45. The molecule has 0 aliphatic heterocycles. The summed E-state index contributed by atoms with van der Waals surface area (Å²) >= 11 is 0. The van der Waals surface area contributed by atoms with Crippen LogP contribution < -0.4 is 0 Å². The van der Waals surface area contributed by atoms with Crippen molar-refractivity contribution >= 4 is 0 Å². The van der Waals surface area contributed by atoms with E-state index in [0.717, 1.165) is 37.7 Å². The Balaban J connectivity index is 1.97. The van der Waals surface area contributed by atoms with Crippen molar-refractivity contribution < 1.29 is 26.3 Å². The predicted molar refractivity (Wildman–Crippen MR) is 82.6 cm³/mol. The standard InChI is InChI=1S/C19H16F6/c20-15-8-12(11-4-2-1-3-5-11)6-7-14(15)13-9-16(21)18(17(22)10-13)19(23,24)25/h6-11H,1-5H2. The molecule has 25 heavy (non-hydrogen) atoms. The lowest BCUT2D eigenvalue weighted by molar-refractivity contribution is -0.142. The Hall–Kier alpha value is -1.98. The number of benzene rings is 2. The fourth-order valence-corrected chi connectivity index (χ4v) is 3.45. The summed E-state index contributed by atoms with van der Waals surface area (Å²) in [6.07, 6.45) is 0.0780. The van der Waals surface area contributed by atoms with E-state index < -0.39 is 29.2 Å². The molecule has 1 saturated carbocycles. The van der Waals surface area contributed by atoms with Crippen molar-refractivity contribution in [1.29, 1.82) is 0 Å². The maximum Gasteiger partial charge on any atom is 0.422 e. The molecule has 0 saturated heterocycles. The molecule has 134 valence electrons. The van der Waals surface area contributed by atoms with Crippen molar-refractivity contribution in [3.05, 3.63) is 58.9 Å². The van der Waals surface area contributed by atoms with Crippen LogP contribution in [0.3, 0.4) is 0 Å². The summed E-state index contributed by atoms with van der Waals surface area (Å²) in [6.45, 7) is 0. The zero-order valence-corrected chi connectivity index (χ0v) is 13.3. The normalized spacial score (nSPS) is 16.2. The minimum atomic E-state index is -5.14. The Morgan fingerprint density at radius 1 is 0.760 bits per heavy atom. The van der Waals surface area contributed by atoms with Gasteiger partial charge in [-0.3, -0.25) is 0 Å². The van der Waals surface area contributed by atoms with Gasteiger partial charge in [0.05, 0.1) is 0 Å². The number of halogens is 6. The molecule has 1 aliphatic rings. The average Bonchev–Trinajstić information content (AvgIpc) is 2.53. The third-order valence-corrected chi connectivity index (χ3v) is 4.71. The highest BCUT2D eigenvalue weighted by Crippen LogP contribution is 2.38. The second-order valence-corrected chi connectivity index (χ2v) is 6.39. The Labute approximate surface area is 141 Å². The van der Waals surface area contributed by atoms with Gasteiger partial charge in [-0.15, -0.1) is 0 Å². The molecule has 2 aromatic rings. The molecule has 1 aliphatic carbocycles. The van der Waals surface area contributed by atoms with Gasteiger partial charge in [-0.05, 0) is 48.1 Å². The topological polar surface area (TPSA) is 0 Å². The smallest absolute Gasteiger partial charge is 0.206 e. The van der Waals surface area contributed by atoms with E-state index in [1.54, 1.807) is 6.07 Å². The summed E-state index contributed by atoms with van der Waals surface area (Å²) in [5, 5.41) is 0. The average molecular weight is 358 g/mol. The van der Waals surface area contributed by atoms with Crippen LogP contribution in [-0.4, -0.2) is 0 Å². The van der Waals surface area contributed by atoms with Crippen LogP contribution in [0.2, 0.25) is 0 Å². The zero-order chi connectivity index (χ0) is 18.2. The van der Waals surface area contributed by atoms with Crippen molar-refractivity contribution in [1.82, 2.24) is 0 Å². The SMILES string of the molecule is Fc1cc(C2CCCCC2)ccc1-c1cc(F)c(C(F)(F)F)c(F)c1. The van der Waals surface area contributed by atoms with Crippen LogP contribution in [0.4, 0.5) is 26.3 Å². The molecule has 3 rings (SSSR count). The molecule has 0 amide bonds. The number of rotatable bonds is 2. The van der Waals surface area contributed by atoms with Gasteiger partial charge < -0.3 is 0 Å². The number of hydrogen-bond donors (Lipinski definition) is 0. The largest absolute Gasteiger partial charge is 0.422 e. The fraction of sp³-hybridized carbons (Fsp3) is 0.368. The summed E-state index contributed by atoms with van der Waals surface area (Å²) in [6, 6.07) is 5.41. The summed E-state index contributed by atoms with van der Waals surface area (Å²) in [5.74, 6) is -3.95. The highest BCUT2D eigenvalue weighted by molar-refractivity contribution is 5.65. The van der Waals surface area contributed by atoms with Crippen LogP contribution in [-0.2, 0) is 6.18 Å². The first-order valence-corrected chi connectivity index (χ1v) is 8.13. The Bertz CT molecular complexity index is 749. The second kappa shape index (κ2) is 6.73. The minimum absolute atomic E-state index is 0.119. The Kier molecular flexibility index (Phi) is 4.80. The van der Waals surface area contributed by atoms with Gasteiger partial charge in [-0.25, -0.2) is 13.2 Å². The molecule has 0 unspecified atom stereocenters. The first-order valence-electron chi connectivity index (χ1n) is 8.13. The zero-order valence-electron chi connectivity index (χ0n) is 13.3. The van der Waals surface area contributed by atoms with E-state index in [-0.39, 0.29) is 17.0 Å². The van der Waals surface area contributed by atoms with Gasteiger partial charge in [-0.2, -0.15) is 13.2 Å². The summed E-state index contributed by atoms with van der Waals surface area (Å²) in [5.41, 5.74) is -1.52. The van der Waals surface area contributed by atoms with E-state index in [2.05, 4.69) is 0 Å². The van der Waals surface area contributed by atoms with Gasteiger partial charge in [0.25, 0.3) is 0 Å². The second-order valence-electron chi connectivity index (χ2n) is 6.39. The lowest BCUT2D eigenvalue weighted by atomic mass is 9.83. The van der Waals surface area contributed by atoms with Crippen LogP contribution in [0.15, 0.2) is 30.3 Å². The van der Waals surface area contributed by atoms with E-state index in [4.69, 9.17) is 0 Å². The molecule has 0 aromatic heterocycles. The maximum absolute atomic E-state index is 14.4. The molecule has 0 nitrogen and oxygen atoms in total. The first-order chi connectivity index (χ1) is 11.8. The molecule has 0 radical (unpaired) electrons. The first kappa shape index (κ1) is 17.8. The van der Waals surface area contributed by atoms with E-state index >= 15 is 0 Å². The highest BCUT2D eigenvalue weighted by atomic mass is 19.4. The summed E-state index contributed by atoms with van der Waals surface area (Å²) < 4.78 is 79.7. The molecule has 0 bridgehead atoms. The van der Waals surface area contributed by atoms with E-state index in [1.807, 2.05) is 0 Å². The molecule has 2 aromatic carbocycles. The van der Waals surface area contributed by atoms with Crippen LogP contribution >= 0.6 is 0 Å². The number of hydrogen-bond acceptors (Lipinski definition) is 0. The molecular weight excluding hydrogens is 342 g/mol. The third kappa shape index (κ3) is 3.67. The van der Waals surface area contributed by atoms with Gasteiger partial charge in [0.15, 0.2) is 0 Å². The van der Waals surface area contributed by atoms with Gasteiger partial charge in [0.1, 0.15) is 23.0 Å². The van der Waals surface area contributed by atoms with Crippen molar-refractivity contribution in [3.63, 3.8) is 0 Å². The third-order valence-electron chi connectivity index (χ3n) is 4.71. The lowest BCUT2D eigenvalue weighted by Crippen LogP contribution is -2.11. The monoisotopic (exact) mass is 358 g/mol. The van der Waals surface area contributed by atoms with Crippen LogP contribution in [0.1, 0.15) is 49.1 Å². The Morgan fingerprint density at radius 2 is 1.36 bits per heavy atom. The van der Waals surface area contributed by atoms with Crippen molar-refractivity contribution in [2.45, 2.75) is 44.2 Å². The van der Waals surface area contributed by atoms with Gasteiger partial charge in [-0.1, -0.05) is 31.4 Å². The predicted octanol–water partition coefficient (Wildman–Crippen LogP) is 6.84. The molecule has 6 heteroatoms. The van der Waals surface area contributed by atoms with E-state index in [9.17, 15) is 26.3 Å². The molecule has 1 fully saturated rings. The van der Waals surface area contributed by atoms with Crippen molar-refractivity contribution in [3.8, 4) is 11.1 Å². The maximum atomic E-state index is 14.4. The number of alkyl halides is 3. The minimum Gasteiger partial charge on any atom is -0.206 e. The van der Waals surface area contributed by atoms with Gasteiger partial charge >= 0.3 is 6.18 Å². The van der Waals surface area contributed by atoms with Crippen molar-refractivity contribution in [2.75, 3.05) is 0 Å². The van der Waals surface area contributed by atoms with Crippen LogP contribution in [0.25, 0.3) is 11.1 Å². The summed E-state index contributed by atoms with van der Waals surface area (Å²) in [7, 11) is 0. The van der Waals surface area contributed by atoms with E-state index in [0.29, 0.717) is 12.1 Å². The lowest BCUT2D eigenvalue weighted by Gasteiger charge is -2.22. The molecule has 0 spiro atoms. The molecule has 0 N–H and O–H groups in total.